The zero-order chi connectivity index (χ0) is 11.7. The van der Waals surface area contributed by atoms with Gasteiger partial charge in [-0.15, -0.1) is 0 Å². The molecule has 0 amide bonds. The van der Waals surface area contributed by atoms with Crippen molar-refractivity contribution in [1.82, 2.24) is 14.6 Å². The van der Waals surface area contributed by atoms with E-state index in [9.17, 15) is 4.79 Å². The summed E-state index contributed by atoms with van der Waals surface area (Å²) in [5.41, 5.74) is 0.865. The van der Waals surface area contributed by atoms with Crippen molar-refractivity contribution in [3.8, 4) is 0 Å². The molecule has 0 spiro atoms. The second kappa shape index (κ2) is 3.80. The van der Waals surface area contributed by atoms with Crippen molar-refractivity contribution >= 4 is 17.4 Å². The molecule has 0 N–H and O–H groups in total. The van der Waals surface area contributed by atoms with Gasteiger partial charge in [0.1, 0.15) is 11.4 Å². The third-order valence-electron chi connectivity index (χ3n) is 2.24. The van der Waals surface area contributed by atoms with Gasteiger partial charge in [-0.05, 0) is 6.07 Å². The van der Waals surface area contributed by atoms with Crippen molar-refractivity contribution in [3.63, 3.8) is 0 Å². The van der Waals surface area contributed by atoms with Crippen molar-refractivity contribution in [2.75, 3.05) is 26.1 Å². The highest BCUT2D eigenvalue weighted by atomic mass is 16.5. The van der Waals surface area contributed by atoms with E-state index >= 15 is 0 Å². The van der Waals surface area contributed by atoms with Gasteiger partial charge in [0.25, 0.3) is 0 Å². The Bertz CT molecular complexity index is 533. The number of carbonyl (C=O) groups excluding carboxylic acids is 1. The average molecular weight is 220 g/mol. The Labute approximate surface area is 92.5 Å². The summed E-state index contributed by atoms with van der Waals surface area (Å²) in [5.74, 6) is 0.415. The first-order valence-electron chi connectivity index (χ1n) is 4.73. The van der Waals surface area contributed by atoms with Crippen molar-refractivity contribution in [2.45, 2.75) is 0 Å². The van der Waals surface area contributed by atoms with E-state index in [-0.39, 0.29) is 0 Å². The number of esters is 1. The third-order valence-corrected chi connectivity index (χ3v) is 2.24. The van der Waals surface area contributed by atoms with E-state index in [2.05, 4.69) is 14.8 Å². The van der Waals surface area contributed by atoms with E-state index in [4.69, 9.17) is 0 Å². The molecule has 16 heavy (non-hydrogen) atoms. The summed E-state index contributed by atoms with van der Waals surface area (Å²) in [7, 11) is 5.13. The van der Waals surface area contributed by atoms with Crippen LogP contribution < -0.4 is 4.90 Å². The zero-order valence-corrected chi connectivity index (χ0v) is 9.34. The maximum absolute atomic E-state index is 11.4. The lowest BCUT2D eigenvalue weighted by Gasteiger charge is -2.12. The fourth-order valence-electron chi connectivity index (χ4n) is 1.47. The number of fused-ring (bicyclic) bond motifs is 1. The van der Waals surface area contributed by atoms with Gasteiger partial charge in [0.05, 0.1) is 13.3 Å². The fraction of sp³-hybridized carbons (Fsp3) is 0.300. The summed E-state index contributed by atoms with van der Waals surface area (Å²) in [6.07, 6.45) is 3.10. The largest absolute Gasteiger partial charge is 0.465 e. The summed E-state index contributed by atoms with van der Waals surface area (Å²) in [6, 6.07) is 1.82. The third kappa shape index (κ3) is 1.48. The summed E-state index contributed by atoms with van der Waals surface area (Å²) in [4.78, 5) is 17.5. The predicted octanol–water partition coefficient (Wildman–Crippen LogP) is 0.582. The van der Waals surface area contributed by atoms with Crippen LogP contribution in [0.5, 0.6) is 0 Å². The first-order chi connectivity index (χ1) is 7.65. The van der Waals surface area contributed by atoms with Crippen LogP contribution in [0.15, 0.2) is 18.5 Å². The number of carbonyl (C=O) groups is 1. The van der Waals surface area contributed by atoms with Crippen LogP contribution in [0.4, 0.5) is 5.82 Å². The summed E-state index contributed by atoms with van der Waals surface area (Å²) >= 11 is 0. The number of anilines is 1. The molecule has 2 aromatic rings. The number of nitrogens with zero attached hydrogens (tertiary/aromatic N) is 4. The molecule has 0 saturated carbocycles. The molecule has 2 heterocycles. The topological polar surface area (TPSA) is 59.7 Å². The Morgan fingerprint density at radius 2 is 2.25 bits per heavy atom. The van der Waals surface area contributed by atoms with Gasteiger partial charge in [0, 0.05) is 20.3 Å². The smallest absolute Gasteiger partial charge is 0.343 e. The van der Waals surface area contributed by atoms with Crippen LogP contribution in [0.2, 0.25) is 0 Å². The molecule has 0 aliphatic heterocycles. The van der Waals surface area contributed by atoms with Gasteiger partial charge in [-0.3, -0.25) is 0 Å². The van der Waals surface area contributed by atoms with E-state index in [1.54, 1.807) is 10.7 Å². The van der Waals surface area contributed by atoms with Crippen molar-refractivity contribution in [3.05, 3.63) is 24.0 Å². The molecule has 0 aromatic carbocycles. The molecular formula is C10H12N4O2. The SMILES string of the molecule is COC(=O)c1cnn2c(N(C)C)ccnc12. The quantitative estimate of drug-likeness (QED) is 0.693. The van der Waals surface area contributed by atoms with E-state index in [1.807, 2.05) is 25.1 Å². The minimum atomic E-state index is -0.432. The minimum Gasteiger partial charge on any atom is -0.465 e. The van der Waals surface area contributed by atoms with E-state index in [0.29, 0.717) is 11.2 Å². The highest BCUT2D eigenvalue weighted by Crippen LogP contribution is 2.15. The molecule has 6 heteroatoms. The molecule has 0 fully saturated rings. The van der Waals surface area contributed by atoms with Gasteiger partial charge >= 0.3 is 5.97 Å². The van der Waals surface area contributed by atoms with Crippen LogP contribution >= 0.6 is 0 Å². The first kappa shape index (κ1) is 10.4. The molecule has 2 rings (SSSR count). The van der Waals surface area contributed by atoms with Gasteiger partial charge in [0.2, 0.25) is 0 Å². The highest BCUT2D eigenvalue weighted by molar-refractivity contribution is 5.95. The Kier molecular flexibility index (Phi) is 2.47. The number of hydrogen-bond donors (Lipinski definition) is 0. The molecule has 0 radical (unpaired) electrons. The molecule has 0 aliphatic rings. The molecule has 0 atom stereocenters. The maximum atomic E-state index is 11.4. The van der Waals surface area contributed by atoms with Gasteiger partial charge in [0.15, 0.2) is 5.65 Å². The number of ether oxygens (including phenoxy) is 1. The van der Waals surface area contributed by atoms with E-state index in [0.717, 1.165) is 5.82 Å². The van der Waals surface area contributed by atoms with Gasteiger partial charge < -0.3 is 9.64 Å². The second-order valence-electron chi connectivity index (χ2n) is 3.48. The standard InChI is InChI=1S/C10H12N4O2/c1-13(2)8-4-5-11-9-7(10(15)16-3)6-12-14(8)9/h4-6H,1-3H3. The normalized spacial score (nSPS) is 10.4. The van der Waals surface area contributed by atoms with Crippen LogP contribution in [0.25, 0.3) is 5.65 Å². The summed E-state index contributed by atoms with van der Waals surface area (Å²) in [6.45, 7) is 0. The molecule has 2 aromatic heterocycles. The molecular weight excluding hydrogens is 208 g/mol. The molecule has 84 valence electrons. The minimum absolute atomic E-state index is 0.367. The molecule has 6 nitrogen and oxygen atoms in total. The Hall–Kier alpha value is -2.11. The molecule has 0 bridgehead atoms. The monoisotopic (exact) mass is 220 g/mol. The second-order valence-corrected chi connectivity index (χ2v) is 3.48. The average Bonchev–Trinajstić information content (AvgIpc) is 2.71. The Morgan fingerprint density at radius 3 is 2.88 bits per heavy atom. The lowest BCUT2D eigenvalue weighted by molar-refractivity contribution is 0.0602. The molecule has 0 unspecified atom stereocenters. The van der Waals surface area contributed by atoms with Gasteiger partial charge in [-0.25, -0.2) is 9.78 Å². The first-order valence-corrected chi connectivity index (χ1v) is 4.73. The molecule has 0 saturated heterocycles. The lowest BCUT2D eigenvalue weighted by Crippen LogP contribution is -2.14. The van der Waals surface area contributed by atoms with E-state index in [1.165, 1.54) is 13.3 Å². The van der Waals surface area contributed by atoms with Crippen LogP contribution in [-0.4, -0.2) is 41.8 Å². The van der Waals surface area contributed by atoms with Crippen LogP contribution in [0.1, 0.15) is 10.4 Å². The van der Waals surface area contributed by atoms with Crippen molar-refractivity contribution < 1.29 is 9.53 Å². The predicted molar refractivity (Wildman–Crippen MR) is 58.7 cm³/mol. The highest BCUT2D eigenvalue weighted by Gasteiger charge is 2.15. The molecule has 0 aliphatic carbocycles. The number of aromatic nitrogens is 3. The van der Waals surface area contributed by atoms with Crippen LogP contribution in [0.3, 0.4) is 0 Å². The van der Waals surface area contributed by atoms with Crippen molar-refractivity contribution in [2.24, 2.45) is 0 Å². The van der Waals surface area contributed by atoms with Crippen LogP contribution in [-0.2, 0) is 4.74 Å². The van der Waals surface area contributed by atoms with Crippen molar-refractivity contribution in [1.29, 1.82) is 0 Å². The number of hydrogen-bond acceptors (Lipinski definition) is 5. The number of rotatable bonds is 2. The fourth-order valence-corrected chi connectivity index (χ4v) is 1.47. The lowest BCUT2D eigenvalue weighted by atomic mass is 10.3. The summed E-state index contributed by atoms with van der Waals surface area (Å²) in [5, 5.41) is 4.12. The Morgan fingerprint density at radius 1 is 1.50 bits per heavy atom. The zero-order valence-electron chi connectivity index (χ0n) is 9.34. The van der Waals surface area contributed by atoms with Gasteiger partial charge in [-0.2, -0.15) is 9.61 Å². The maximum Gasteiger partial charge on any atom is 0.343 e. The number of methoxy groups -OCH3 is 1. The van der Waals surface area contributed by atoms with Gasteiger partial charge in [-0.1, -0.05) is 0 Å². The summed E-state index contributed by atoms with van der Waals surface area (Å²) < 4.78 is 6.26. The van der Waals surface area contributed by atoms with Crippen LogP contribution in [0, 0.1) is 0 Å². The Balaban J connectivity index is 2.66. The van der Waals surface area contributed by atoms with E-state index < -0.39 is 5.97 Å².